The van der Waals surface area contributed by atoms with E-state index in [2.05, 4.69) is 61.4 Å². The summed E-state index contributed by atoms with van der Waals surface area (Å²) in [5.41, 5.74) is 14.5. The second-order valence-electron chi connectivity index (χ2n) is 18.4. The Morgan fingerprint density at radius 3 is 2.75 bits per heavy atom. The molecule has 9 heteroatoms. The Labute approximate surface area is 355 Å². The van der Waals surface area contributed by atoms with Crippen LogP contribution in [0.15, 0.2) is 70.5 Å². The number of allylic oxidation sites excluding steroid dienone is 2. The molecule has 5 aliphatic heterocycles. The zero-order chi connectivity index (χ0) is 41.4. The van der Waals surface area contributed by atoms with Crippen molar-refractivity contribution in [3.63, 3.8) is 0 Å². The van der Waals surface area contributed by atoms with E-state index in [1.807, 2.05) is 36.5 Å². The number of aliphatic imine (C=N–C) groups is 1. The summed E-state index contributed by atoms with van der Waals surface area (Å²) in [6, 6.07) is 9.98. The highest BCUT2D eigenvalue weighted by Crippen LogP contribution is 2.47. The largest absolute Gasteiger partial charge is 0.437 e. The number of carbonyl (C=O) groups is 1. The topological polar surface area (TPSA) is 131 Å². The number of ether oxygens (including phenoxy) is 2. The minimum Gasteiger partial charge on any atom is -0.437 e. The number of unbranched alkanes of at least 4 members (excludes halogenated alkanes) is 2. The average Bonchev–Trinajstić information content (AvgIpc) is 4.00. The summed E-state index contributed by atoms with van der Waals surface area (Å²) in [6.45, 7) is 5.84. The molecule has 1 unspecified atom stereocenters. The minimum absolute atomic E-state index is 0.0201. The third kappa shape index (κ3) is 8.04. The summed E-state index contributed by atoms with van der Waals surface area (Å²) in [4.78, 5) is 20.1. The lowest BCUT2D eigenvalue weighted by atomic mass is 9.73. The molecule has 1 spiro atoms. The van der Waals surface area contributed by atoms with Crippen molar-refractivity contribution >= 4 is 12.0 Å². The van der Waals surface area contributed by atoms with Crippen molar-refractivity contribution in [3.05, 3.63) is 93.3 Å². The van der Waals surface area contributed by atoms with E-state index in [0.717, 1.165) is 109 Å². The molecule has 6 N–H and O–H groups in total. The predicted molar refractivity (Wildman–Crippen MR) is 233 cm³/mol. The van der Waals surface area contributed by atoms with Crippen molar-refractivity contribution < 1.29 is 29.4 Å². The van der Waals surface area contributed by atoms with Crippen LogP contribution in [0, 0.1) is 53.0 Å². The first-order valence-corrected chi connectivity index (χ1v) is 22.8. The highest BCUT2D eigenvalue weighted by atomic mass is 16.5. The van der Waals surface area contributed by atoms with Gasteiger partial charge >= 0.3 is 0 Å². The average molecular weight is 810 g/mol. The Bertz CT molecular complexity index is 2240. The van der Waals surface area contributed by atoms with Gasteiger partial charge in [0.2, 0.25) is 0 Å². The number of carbonyl (C=O) groups excluding carboxylic acids is 1. The SMILES string of the molecule is CCCCC[C@H](C(=O)CCc1ccc2c(c1)O[C@@H]1[C@@H](C#C[C@H](O)c3ccc4c(c3CC3=C5C[NH+]1C=C5N=C3)CCN[C@H]4N)C1(C#CO2)CCCC1)[C@H](O)[C@@H]1C=C[C@H](C)CC1. The van der Waals surface area contributed by atoms with E-state index >= 15 is 0 Å². The van der Waals surface area contributed by atoms with Gasteiger partial charge in [-0.1, -0.05) is 94.1 Å². The number of Topliss-reactive ketones (excluding diaryl/α,β-unsaturated/α-hetero) is 1. The van der Waals surface area contributed by atoms with Gasteiger partial charge in [0.25, 0.3) is 6.23 Å². The molecule has 7 aliphatic rings. The lowest BCUT2D eigenvalue weighted by Crippen LogP contribution is -3.12. The molecule has 0 saturated heterocycles. The Morgan fingerprint density at radius 2 is 1.93 bits per heavy atom. The van der Waals surface area contributed by atoms with Gasteiger partial charge in [-0.3, -0.25) is 20.0 Å². The van der Waals surface area contributed by atoms with Gasteiger partial charge < -0.3 is 25.4 Å². The van der Waals surface area contributed by atoms with Crippen molar-refractivity contribution in [2.75, 3.05) is 13.1 Å². The maximum Gasteiger partial charge on any atom is 0.252 e. The third-order valence-electron chi connectivity index (χ3n) is 14.5. The van der Waals surface area contributed by atoms with Gasteiger partial charge in [0, 0.05) is 43.0 Å². The van der Waals surface area contributed by atoms with Gasteiger partial charge in [0.15, 0.2) is 11.5 Å². The summed E-state index contributed by atoms with van der Waals surface area (Å²) in [6.07, 6.45) is 21.0. The molecular weight excluding hydrogens is 749 g/mol. The predicted octanol–water partition coefficient (Wildman–Crippen LogP) is 6.10. The van der Waals surface area contributed by atoms with E-state index in [9.17, 15) is 15.0 Å². The molecule has 0 radical (unpaired) electrons. The number of aliphatic hydroxyl groups excluding tert-OH is 2. The fourth-order valence-electron chi connectivity index (χ4n) is 11.0. The van der Waals surface area contributed by atoms with Gasteiger partial charge in [-0.05, 0) is 96.4 Å². The highest BCUT2D eigenvalue weighted by Gasteiger charge is 2.51. The van der Waals surface area contributed by atoms with Crippen LogP contribution in [0.5, 0.6) is 11.5 Å². The highest BCUT2D eigenvalue weighted by molar-refractivity contribution is 5.87. The van der Waals surface area contributed by atoms with Crippen molar-refractivity contribution in [2.24, 2.45) is 39.8 Å². The number of nitrogens with zero attached hydrogens (tertiary/aromatic N) is 1. The summed E-state index contributed by atoms with van der Waals surface area (Å²) in [7, 11) is 0. The molecule has 2 bridgehead atoms. The molecule has 2 aliphatic carbocycles. The summed E-state index contributed by atoms with van der Waals surface area (Å²) < 4.78 is 13.5. The normalized spacial score (nSPS) is 29.1. The van der Waals surface area contributed by atoms with Gasteiger partial charge in [0.1, 0.15) is 42.4 Å². The zero-order valence-electron chi connectivity index (χ0n) is 35.3. The van der Waals surface area contributed by atoms with Crippen LogP contribution in [-0.2, 0) is 24.1 Å². The Balaban J connectivity index is 1.04. The zero-order valence-corrected chi connectivity index (χ0v) is 35.3. The maximum atomic E-state index is 14.0. The monoisotopic (exact) mass is 809 g/mol. The first-order valence-electron chi connectivity index (χ1n) is 22.8. The fourth-order valence-corrected chi connectivity index (χ4v) is 11.0. The standard InChI is InChI=1S/C51H60N4O5/c1-3-4-5-8-39(48(58)34-13-9-32(2)10-14-34)45(57)18-11-33-12-20-46-47(27-33)60-50-42(51(24-26-59-46)22-6-7-23-51)17-19-44(56)37-15-16-38-36(21-25-53-49(38)52)40(37)28-35-29-54-43-31-55(50)30-41(35)43/h9,12-13,15-16,20,27,29,31-32,34,39,42,44,48-50,53,56,58H,3-8,10-11,14,18,21-23,25,28,30,52H2,1-2H3/p+1/t32-,34+,39+,42+,44-,48+,49+,50+/m0/s1. The van der Waals surface area contributed by atoms with E-state index in [1.54, 1.807) is 0 Å². The third-order valence-corrected chi connectivity index (χ3v) is 14.5. The number of hydrogen-bond donors (Lipinski definition) is 5. The number of benzene rings is 2. The quantitative estimate of drug-likeness (QED) is 0.112. The molecule has 0 amide bonds. The number of aryl methyl sites for hydroxylation is 1. The van der Waals surface area contributed by atoms with Crippen molar-refractivity contribution in [2.45, 2.75) is 128 Å². The molecule has 9 rings (SSSR count). The number of quaternary nitrogens is 1. The number of nitrogens with two attached hydrogens (primary N) is 1. The second-order valence-corrected chi connectivity index (χ2v) is 18.4. The van der Waals surface area contributed by atoms with Crippen LogP contribution in [0.2, 0.25) is 0 Å². The van der Waals surface area contributed by atoms with Crippen LogP contribution in [0.4, 0.5) is 0 Å². The van der Waals surface area contributed by atoms with Crippen molar-refractivity contribution in [1.82, 2.24) is 5.32 Å². The number of fused-ring (bicyclic) bond motifs is 8. The van der Waals surface area contributed by atoms with Crippen LogP contribution >= 0.6 is 0 Å². The second kappa shape index (κ2) is 17.5. The first-order chi connectivity index (χ1) is 29.2. The number of hydrogen-bond acceptors (Lipinski definition) is 8. The van der Waals surface area contributed by atoms with Gasteiger partial charge in [0.05, 0.1) is 17.7 Å². The van der Waals surface area contributed by atoms with Crippen molar-refractivity contribution in [1.29, 1.82) is 0 Å². The number of ketones is 1. The van der Waals surface area contributed by atoms with E-state index in [0.29, 0.717) is 49.6 Å². The Morgan fingerprint density at radius 1 is 1.08 bits per heavy atom. The molecular formula is C51H61N4O5+. The molecule has 9 atom stereocenters. The smallest absolute Gasteiger partial charge is 0.252 e. The Kier molecular flexibility index (Phi) is 11.9. The van der Waals surface area contributed by atoms with E-state index < -0.39 is 23.9 Å². The summed E-state index contributed by atoms with van der Waals surface area (Å²) in [5.74, 6) is 11.6. The number of aliphatic hydroxyl groups is 2. The fraction of sp³-hybridized carbons (Fsp3) is 0.529. The summed E-state index contributed by atoms with van der Waals surface area (Å²) in [5, 5.41) is 27.0. The van der Waals surface area contributed by atoms with Crippen LogP contribution in [0.3, 0.4) is 0 Å². The van der Waals surface area contributed by atoms with E-state index in [1.165, 1.54) is 11.1 Å². The minimum atomic E-state index is -1.01. The molecule has 1 saturated carbocycles. The first kappa shape index (κ1) is 40.9. The molecule has 2 aromatic rings. The van der Waals surface area contributed by atoms with Crippen LogP contribution in [0.1, 0.15) is 125 Å². The molecule has 1 fully saturated rings. The van der Waals surface area contributed by atoms with E-state index in [4.69, 9.17) is 20.2 Å². The van der Waals surface area contributed by atoms with E-state index in [-0.39, 0.29) is 29.7 Å². The molecule has 0 aromatic heterocycles. The molecule has 314 valence electrons. The molecule has 9 nitrogen and oxygen atoms in total. The van der Waals surface area contributed by atoms with Gasteiger partial charge in [-0.15, -0.1) is 0 Å². The molecule has 5 heterocycles. The maximum absolute atomic E-state index is 14.0. The lowest BCUT2D eigenvalue weighted by Gasteiger charge is -2.36. The lowest BCUT2D eigenvalue weighted by molar-refractivity contribution is -0.891. The summed E-state index contributed by atoms with van der Waals surface area (Å²) >= 11 is 0. The van der Waals surface area contributed by atoms with Crippen LogP contribution < -0.4 is 25.4 Å². The molecule has 2 aromatic carbocycles. The number of nitrogens with one attached hydrogen (secondary N) is 2. The number of rotatable bonds is 10. The van der Waals surface area contributed by atoms with Crippen LogP contribution in [-0.4, -0.2) is 47.6 Å². The van der Waals surface area contributed by atoms with Crippen LogP contribution in [0.25, 0.3) is 0 Å². The Hall–Kier alpha value is -4.48. The molecule has 60 heavy (non-hydrogen) atoms. The van der Waals surface area contributed by atoms with Crippen molar-refractivity contribution in [3.8, 4) is 35.4 Å². The van der Waals surface area contributed by atoms with Gasteiger partial charge in [-0.2, -0.15) is 0 Å². The van der Waals surface area contributed by atoms with Gasteiger partial charge in [-0.25, -0.2) is 0 Å².